The Hall–Kier alpha value is -2.57. The molecule has 6 heteroatoms. The highest BCUT2D eigenvalue weighted by Crippen LogP contribution is 2.37. The average Bonchev–Trinajstić information content (AvgIpc) is 2.58. The molecule has 0 aliphatic carbocycles. The average molecular weight is 361 g/mol. The van der Waals surface area contributed by atoms with Crippen molar-refractivity contribution in [3.8, 4) is 11.5 Å². The Kier molecular flexibility index (Phi) is 8.61. The van der Waals surface area contributed by atoms with Gasteiger partial charge in [-0.05, 0) is 25.5 Å². The molecular weight excluding hydrogens is 334 g/mol. The predicted octanol–water partition coefficient (Wildman–Crippen LogP) is 2.87. The van der Waals surface area contributed by atoms with Crippen molar-refractivity contribution in [1.82, 2.24) is 0 Å². The van der Waals surface area contributed by atoms with Gasteiger partial charge in [0.05, 0.1) is 25.5 Å². The van der Waals surface area contributed by atoms with Crippen molar-refractivity contribution in [2.24, 2.45) is 0 Å². The smallest absolute Gasteiger partial charge is 0.221 e. The van der Waals surface area contributed by atoms with Crippen LogP contribution in [0.4, 0.5) is 5.69 Å². The van der Waals surface area contributed by atoms with Gasteiger partial charge in [0.25, 0.3) is 0 Å². The van der Waals surface area contributed by atoms with Crippen molar-refractivity contribution in [1.29, 1.82) is 0 Å². The van der Waals surface area contributed by atoms with Crippen LogP contribution in [0.5, 0.6) is 11.5 Å². The zero-order chi connectivity index (χ0) is 19.7. The van der Waals surface area contributed by atoms with Crippen LogP contribution in [0.25, 0.3) is 0 Å². The Balaban J connectivity index is 3.50. The lowest BCUT2D eigenvalue weighted by Crippen LogP contribution is -2.08. The SMILES string of the molecule is C/C=C\C(=C\[C@@H](/C=C/[C@@H](C)O)c1cc(NC(C)=O)c(OC)cc1O)CO. The largest absolute Gasteiger partial charge is 0.507 e. The monoisotopic (exact) mass is 361 g/mol. The molecule has 1 aromatic carbocycles. The number of carbonyl (C=O) groups excluding carboxylic acids is 1. The van der Waals surface area contributed by atoms with Crippen LogP contribution in [0.3, 0.4) is 0 Å². The summed E-state index contributed by atoms with van der Waals surface area (Å²) >= 11 is 0. The minimum Gasteiger partial charge on any atom is -0.507 e. The molecule has 0 unspecified atom stereocenters. The second kappa shape index (κ2) is 10.4. The fourth-order valence-electron chi connectivity index (χ4n) is 2.44. The number of aliphatic hydroxyl groups is 2. The number of hydrogen-bond donors (Lipinski definition) is 4. The molecule has 0 fully saturated rings. The summed E-state index contributed by atoms with van der Waals surface area (Å²) in [6.45, 7) is 4.67. The molecule has 6 nitrogen and oxygen atoms in total. The van der Waals surface area contributed by atoms with Gasteiger partial charge in [-0.15, -0.1) is 0 Å². The van der Waals surface area contributed by atoms with Crippen molar-refractivity contribution < 1.29 is 24.9 Å². The van der Waals surface area contributed by atoms with Crippen LogP contribution >= 0.6 is 0 Å². The number of carbonyl (C=O) groups is 1. The van der Waals surface area contributed by atoms with Gasteiger partial charge in [-0.3, -0.25) is 4.79 Å². The van der Waals surface area contributed by atoms with Crippen LogP contribution in [-0.4, -0.2) is 41.0 Å². The minimum atomic E-state index is -0.666. The van der Waals surface area contributed by atoms with E-state index in [1.807, 2.05) is 6.92 Å². The summed E-state index contributed by atoms with van der Waals surface area (Å²) in [4.78, 5) is 11.4. The van der Waals surface area contributed by atoms with E-state index in [1.54, 1.807) is 43.4 Å². The zero-order valence-corrected chi connectivity index (χ0v) is 15.6. The van der Waals surface area contributed by atoms with E-state index in [9.17, 15) is 20.1 Å². The molecule has 4 N–H and O–H groups in total. The van der Waals surface area contributed by atoms with Gasteiger partial charge in [-0.25, -0.2) is 0 Å². The van der Waals surface area contributed by atoms with E-state index in [0.717, 1.165) is 0 Å². The molecule has 0 aromatic heterocycles. The number of aliphatic hydroxyl groups excluding tert-OH is 2. The van der Waals surface area contributed by atoms with Crippen molar-refractivity contribution in [2.45, 2.75) is 32.8 Å². The number of methoxy groups -OCH3 is 1. The summed E-state index contributed by atoms with van der Waals surface area (Å²) in [6.07, 6.45) is 7.99. The highest BCUT2D eigenvalue weighted by molar-refractivity contribution is 5.90. The number of hydrogen-bond acceptors (Lipinski definition) is 5. The molecule has 1 rings (SSSR count). The van der Waals surface area contributed by atoms with E-state index in [0.29, 0.717) is 22.6 Å². The lowest BCUT2D eigenvalue weighted by molar-refractivity contribution is -0.114. The Morgan fingerprint density at radius 1 is 1.35 bits per heavy atom. The molecular formula is C20H27NO5. The maximum Gasteiger partial charge on any atom is 0.221 e. The lowest BCUT2D eigenvalue weighted by Gasteiger charge is -2.17. The number of rotatable bonds is 8. The first-order chi connectivity index (χ1) is 12.3. The Labute approximate surface area is 154 Å². The zero-order valence-electron chi connectivity index (χ0n) is 15.6. The molecule has 142 valence electrons. The summed E-state index contributed by atoms with van der Waals surface area (Å²) in [5, 5.41) is 32.2. The Morgan fingerprint density at radius 2 is 2.04 bits per heavy atom. The molecule has 0 saturated heterocycles. The van der Waals surface area contributed by atoms with E-state index >= 15 is 0 Å². The van der Waals surface area contributed by atoms with Gasteiger partial charge in [-0.2, -0.15) is 0 Å². The normalized spacial score (nSPS) is 14.6. The molecule has 0 saturated carbocycles. The van der Waals surface area contributed by atoms with Gasteiger partial charge >= 0.3 is 0 Å². The van der Waals surface area contributed by atoms with Gasteiger partial charge in [0.1, 0.15) is 11.5 Å². The van der Waals surface area contributed by atoms with E-state index in [-0.39, 0.29) is 18.3 Å². The Bertz CT molecular complexity index is 704. The van der Waals surface area contributed by atoms with Crippen molar-refractivity contribution in [2.75, 3.05) is 19.0 Å². The summed E-state index contributed by atoms with van der Waals surface area (Å²) < 4.78 is 5.20. The number of allylic oxidation sites excluding steroid dienone is 3. The summed E-state index contributed by atoms with van der Waals surface area (Å²) in [5.41, 5.74) is 1.58. The molecule has 2 atom stereocenters. The molecule has 1 amide bonds. The first-order valence-corrected chi connectivity index (χ1v) is 8.31. The summed E-state index contributed by atoms with van der Waals surface area (Å²) in [5.74, 6) is -0.386. The second-order valence-electron chi connectivity index (χ2n) is 5.84. The molecule has 0 aliphatic heterocycles. The van der Waals surface area contributed by atoms with Crippen molar-refractivity contribution in [3.63, 3.8) is 0 Å². The van der Waals surface area contributed by atoms with Crippen LogP contribution in [0.2, 0.25) is 0 Å². The number of nitrogens with one attached hydrogen (secondary N) is 1. The third-order valence-electron chi connectivity index (χ3n) is 3.57. The van der Waals surface area contributed by atoms with E-state index < -0.39 is 12.0 Å². The minimum absolute atomic E-state index is 0.0230. The Morgan fingerprint density at radius 3 is 2.54 bits per heavy atom. The predicted molar refractivity (Wildman–Crippen MR) is 103 cm³/mol. The van der Waals surface area contributed by atoms with Gasteiger partial charge in [0.2, 0.25) is 5.91 Å². The van der Waals surface area contributed by atoms with Gasteiger partial charge in [-0.1, -0.05) is 30.4 Å². The van der Waals surface area contributed by atoms with E-state index in [4.69, 9.17) is 4.74 Å². The third-order valence-corrected chi connectivity index (χ3v) is 3.57. The molecule has 0 bridgehead atoms. The number of aromatic hydroxyl groups is 1. The highest BCUT2D eigenvalue weighted by atomic mass is 16.5. The van der Waals surface area contributed by atoms with Crippen LogP contribution in [0.15, 0.2) is 48.1 Å². The molecule has 0 radical (unpaired) electrons. The van der Waals surface area contributed by atoms with E-state index in [2.05, 4.69) is 5.32 Å². The number of benzene rings is 1. The van der Waals surface area contributed by atoms with E-state index in [1.165, 1.54) is 20.1 Å². The molecule has 0 aliphatic rings. The van der Waals surface area contributed by atoms with Crippen LogP contribution in [-0.2, 0) is 4.79 Å². The summed E-state index contributed by atoms with van der Waals surface area (Å²) in [6, 6.07) is 3.04. The standard InChI is InChI=1S/C20H27NO5/c1-5-6-15(12-22)9-16(8-7-13(2)23)17-10-18(21-14(3)24)20(26-4)11-19(17)25/h5-11,13,16,22-23,25H,12H2,1-4H3,(H,21,24)/b6-5-,8-7+,15-9-/t13-,16-/m1/s1. The topological polar surface area (TPSA) is 99.0 Å². The number of phenols is 1. The quantitative estimate of drug-likeness (QED) is 0.324. The molecule has 0 spiro atoms. The number of phenolic OH excluding ortho intramolecular Hbond substituents is 1. The number of amides is 1. The molecule has 0 heterocycles. The molecule has 26 heavy (non-hydrogen) atoms. The first-order valence-electron chi connectivity index (χ1n) is 8.31. The van der Waals surface area contributed by atoms with Gasteiger partial charge < -0.3 is 25.4 Å². The second-order valence-corrected chi connectivity index (χ2v) is 5.84. The van der Waals surface area contributed by atoms with Crippen LogP contribution in [0.1, 0.15) is 32.3 Å². The number of ether oxygens (including phenoxy) is 1. The first kappa shape index (κ1) is 21.5. The van der Waals surface area contributed by atoms with Crippen molar-refractivity contribution >= 4 is 11.6 Å². The van der Waals surface area contributed by atoms with Gasteiger partial charge in [0, 0.05) is 24.5 Å². The highest BCUT2D eigenvalue weighted by Gasteiger charge is 2.17. The van der Waals surface area contributed by atoms with Crippen molar-refractivity contribution in [3.05, 3.63) is 53.6 Å². The van der Waals surface area contributed by atoms with Crippen LogP contribution < -0.4 is 10.1 Å². The number of anilines is 1. The fourth-order valence-corrected chi connectivity index (χ4v) is 2.44. The van der Waals surface area contributed by atoms with Crippen LogP contribution in [0, 0.1) is 0 Å². The molecule has 1 aromatic rings. The van der Waals surface area contributed by atoms with Gasteiger partial charge in [0.15, 0.2) is 0 Å². The fraction of sp³-hybridized carbons (Fsp3) is 0.350. The summed E-state index contributed by atoms with van der Waals surface area (Å²) in [7, 11) is 1.44. The third kappa shape index (κ3) is 6.38. The maximum absolute atomic E-state index is 11.4. The lowest BCUT2D eigenvalue weighted by atomic mass is 9.93. The maximum atomic E-state index is 11.4.